The van der Waals surface area contributed by atoms with Gasteiger partial charge < -0.3 is 5.73 Å². The molecule has 5 heteroatoms. The Bertz CT molecular complexity index is 520. The maximum absolute atomic E-state index is 5.78. The molecule has 0 unspecified atom stereocenters. The van der Waals surface area contributed by atoms with Crippen molar-refractivity contribution in [2.45, 2.75) is 26.6 Å². The first-order chi connectivity index (χ1) is 9.24. The predicted octanol–water partition coefficient (Wildman–Crippen LogP) is 1.30. The lowest BCUT2D eigenvalue weighted by Gasteiger charge is -2.21. The largest absolute Gasteiger partial charge is 0.326 e. The third-order valence-corrected chi connectivity index (χ3v) is 3.35. The molecule has 0 amide bonds. The van der Waals surface area contributed by atoms with Gasteiger partial charge >= 0.3 is 0 Å². The molecule has 0 atom stereocenters. The van der Waals surface area contributed by atoms with E-state index in [0.29, 0.717) is 6.54 Å². The highest BCUT2D eigenvalue weighted by Gasteiger charge is 2.10. The summed E-state index contributed by atoms with van der Waals surface area (Å²) in [6, 6.07) is 8.32. The molecule has 19 heavy (non-hydrogen) atoms. The Labute approximate surface area is 114 Å². The summed E-state index contributed by atoms with van der Waals surface area (Å²) in [5.74, 6) is 0.979. The van der Waals surface area contributed by atoms with Gasteiger partial charge in [-0.15, -0.1) is 0 Å². The van der Waals surface area contributed by atoms with Crippen molar-refractivity contribution in [3.63, 3.8) is 0 Å². The van der Waals surface area contributed by atoms with Crippen molar-refractivity contribution in [2.24, 2.45) is 12.8 Å². The van der Waals surface area contributed by atoms with E-state index in [2.05, 4.69) is 40.1 Å². The Balaban J connectivity index is 2.09. The van der Waals surface area contributed by atoms with Crippen molar-refractivity contribution in [2.75, 3.05) is 6.54 Å². The molecule has 0 bridgehead atoms. The predicted molar refractivity (Wildman–Crippen MR) is 75.1 cm³/mol. The minimum Gasteiger partial charge on any atom is -0.326 e. The first-order valence-corrected chi connectivity index (χ1v) is 6.56. The Hall–Kier alpha value is -1.72. The number of rotatable bonds is 6. The zero-order chi connectivity index (χ0) is 13.7. The molecule has 102 valence electrons. The van der Waals surface area contributed by atoms with E-state index < -0.39 is 0 Å². The third-order valence-electron chi connectivity index (χ3n) is 3.35. The van der Waals surface area contributed by atoms with Gasteiger partial charge in [0.1, 0.15) is 12.2 Å². The fourth-order valence-corrected chi connectivity index (χ4v) is 2.09. The topological polar surface area (TPSA) is 60.0 Å². The van der Waals surface area contributed by atoms with Crippen LogP contribution in [0.4, 0.5) is 0 Å². The summed E-state index contributed by atoms with van der Waals surface area (Å²) in [6.45, 7) is 5.38. The van der Waals surface area contributed by atoms with Crippen LogP contribution < -0.4 is 5.73 Å². The van der Waals surface area contributed by atoms with E-state index in [0.717, 1.165) is 25.5 Å². The van der Waals surface area contributed by atoms with Crippen LogP contribution in [-0.2, 0) is 26.7 Å². The fourth-order valence-electron chi connectivity index (χ4n) is 2.09. The van der Waals surface area contributed by atoms with Gasteiger partial charge in [0, 0.05) is 20.1 Å². The van der Waals surface area contributed by atoms with Crippen LogP contribution in [0.1, 0.15) is 23.9 Å². The van der Waals surface area contributed by atoms with E-state index in [1.807, 2.05) is 17.8 Å². The smallest absolute Gasteiger partial charge is 0.140 e. The van der Waals surface area contributed by atoms with Crippen LogP contribution in [0.3, 0.4) is 0 Å². The average molecular weight is 259 g/mol. The fraction of sp³-hybridized carbons (Fsp3) is 0.429. The van der Waals surface area contributed by atoms with Crippen LogP contribution in [0.2, 0.25) is 0 Å². The van der Waals surface area contributed by atoms with E-state index in [4.69, 9.17) is 5.73 Å². The van der Waals surface area contributed by atoms with Crippen molar-refractivity contribution in [3.05, 3.63) is 47.5 Å². The summed E-state index contributed by atoms with van der Waals surface area (Å²) >= 11 is 0. The van der Waals surface area contributed by atoms with Gasteiger partial charge in [-0.25, -0.2) is 4.98 Å². The summed E-state index contributed by atoms with van der Waals surface area (Å²) in [6.07, 6.45) is 1.59. The molecule has 0 radical (unpaired) electrons. The van der Waals surface area contributed by atoms with Crippen molar-refractivity contribution >= 4 is 0 Å². The molecule has 2 aromatic rings. The summed E-state index contributed by atoms with van der Waals surface area (Å²) in [4.78, 5) is 6.61. The summed E-state index contributed by atoms with van der Waals surface area (Å²) < 4.78 is 1.82. The zero-order valence-electron chi connectivity index (χ0n) is 11.6. The summed E-state index contributed by atoms with van der Waals surface area (Å²) in [5, 5.41) is 4.10. The second-order valence-corrected chi connectivity index (χ2v) is 4.58. The second kappa shape index (κ2) is 6.45. The minimum absolute atomic E-state index is 0.581. The van der Waals surface area contributed by atoms with Gasteiger partial charge in [-0.1, -0.05) is 31.2 Å². The molecule has 1 aromatic carbocycles. The van der Waals surface area contributed by atoms with Crippen LogP contribution >= 0.6 is 0 Å². The quantitative estimate of drug-likeness (QED) is 0.849. The SMILES string of the molecule is CCN(Cc1ccccc1CN)Cc1ncnn1C. The number of nitrogens with zero attached hydrogens (tertiary/aromatic N) is 4. The molecule has 0 aliphatic heterocycles. The molecular weight excluding hydrogens is 238 g/mol. The molecule has 5 nitrogen and oxygen atoms in total. The average Bonchev–Trinajstić information content (AvgIpc) is 2.84. The maximum atomic E-state index is 5.78. The highest BCUT2D eigenvalue weighted by molar-refractivity contribution is 5.26. The van der Waals surface area contributed by atoms with Crippen LogP contribution in [0.15, 0.2) is 30.6 Å². The van der Waals surface area contributed by atoms with E-state index in [1.54, 1.807) is 6.33 Å². The normalized spacial score (nSPS) is 11.2. The lowest BCUT2D eigenvalue weighted by molar-refractivity contribution is 0.259. The summed E-state index contributed by atoms with van der Waals surface area (Å²) in [5.41, 5.74) is 8.28. The highest BCUT2D eigenvalue weighted by atomic mass is 15.3. The lowest BCUT2D eigenvalue weighted by Crippen LogP contribution is -2.25. The Morgan fingerprint density at radius 3 is 2.53 bits per heavy atom. The lowest BCUT2D eigenvalue weighted by atomic mass is 10.1. The molecule has 2 N–H and O–H groups in total. The van der Waals surface area contributed by atoms with Gasteiger partial charge in [0.2, 0.25) is 0 Å². The van der Waals surface area contributed by atoms with Gasteiger partial charge in [-0.05, 0) is 17.7 Å². The molecule has 0 aliphatic carbocycles. The number of benzene rings is 1. The van der Waals surface area contributed by atoms with Crippen LogP contribution in [0, 0.1) is 0 Å². The molecule has 0 aliphatic rings. The van der Waals surface area contributed by atoms with Crippen LogP contribution in [0.5, 0.6) is 0 Å². The van der Waals surface area contributed by atoms with E-state index in [1.165, 1.54) is 11.1 Å². The van der Waals surface area contributed by atoms with Gasteiger partial charge in [-0.3, -0.25) is 9.58 Å². The number of aryl methyl sites for hydroxylation is 1. The third kappa shape index (κ3) is 3.39. The van der Waals surface area contributed by atoms with Crippen molar-refractivity contribution in [1.29, 1.82) is 0 Å². The van der Waals surface area contributed by atoms with Crippen molar-refractivity contribution in [3.8, 4) is 0 Å². The molecule has 1 aromatic heterocycles. The van der Waals surface area contributed by atoms with E-state index in [9.17, 15) is 0 Å². The van der Waals surface area contributed by atoms with E-state index in [-0.39, 0.29) is 0 Å². The van der Waals surface area contributed by atoms with Gasteiger partial charge in [-0.2, -0.15) is 5.10 Å². The maximum Gasteiger partial charge on any atom is 0.140 e. The number of nitrogens with two attached hydrogens (primary N) is 1. The monoisotopic (exact) mass is 259 g/mol. The van der Waals surface area contributed by atoms with Gasteiger partial charge in [0.25, 0.3) is 0 Å². The molecule has 1 heterocycles. The van der Waals surface area contributed by atoms with Crippen LogP contribution in [0.25, 0.3) is 0 Å². The Morgan fingerprint density at radius 1 is 1.21 bits per heavy atom. The van der Waals surface area contributed by atoms with Crippen LogP contribution in [-0.4, -0.2) is 26.2 Å². The number of aromatic nitrogens is 3. The minimum atomic E-state index is 0.581. The van der Waals surface area contributed by atoms with Gasteiger partial charge in [0.05, 0.1) is 6.54 Å². The Kier molecular flexibility index (Phi) is 4.65. The first kappa shape index (κ1) is 13.7. The standard InChI is InChI=1S/C14H21N5/c1-3-19(10-14-16-11-17-18(14)2)9-13-7-5-4-6-12(13)8-15/h4-7,11H,3,8-10,15H2,1-2H3. The molecule has 2 rings (SSSR count). The zero-order valence-corrected chi connectivity index (χ0v) is 11.6. The van der Waals surface area contributed by atoms with Crippen molar-refractivity contribution in [1.82, 2.24) is 19.7 Å². The first-order valence-electron chi connectivity index (χ1n) is 6.56. The van der Waals surface area contributed by atoms with E-state index >= 15 is 0 Å². The molecule has 0 saturated heterocycles. The molecule has 0 fully saturated rings. The molecular formula is C14H21N5. The Morgan fingerprint density at radius 2 is 1.95 bits per heavy atom. The number of hydrogen-bond donors (Lipinski definition) is 1. The van der Waals surface area contributed by atoms with Crippen molar-refractivity contribution < 1.29 is 0 Å². The highest BCUT2D eigenvalue weighted by Crippen LogP contribution is 2.12. The second-order valence-electron chi connectivity index (χ2n) is 4.58. The summed E-state index contributed by atoms with van der Waals surface area (Å²) in [7, 11) is 1.92. The molecule has 0 saturated carbocycles. The van der Waals surface area contributed by atoms with Gasteiger partial charge in [0.15, 0.2) is 0 Å². The molecule has 0 spiro atoms. The number of hydrogen-bond acceptors (Lipinski definition) is 4.